The Morgan fingerprint density at radius 1 is 1.65 bits per heavy atom. The van der Waals surface area contributed by atoms with Crippen molar-refractivity contribution >= 4 is 5.97 Å². The zero-order valence-corrected chi connectivity index (χ0v) is 10.2. The van der Waals surface area contributed by atoms with Crippen LogP contribution in [0.5, 0.6) is 0 Å². The predicted octanol–water partition coefficient (Wildman–Crippen LogP) is 2.02. The summed E-state index contributed by atoms with van der Waals surface area (Å²) in [7, 11) is 0. The van der Waals surface area contributed by atoms with Crippen LogP contribution in [0.2, 0.25) is 0 Å². The molecule has 17 heavy (non-hydrogen) atoms. The van der Waals surface area contributed by atoms with Crippen LogP contribution in [0.3, 0.4) is 0 Å². The Kier molecular flexibility index (Phi) is 3.47. The molecule has 1 saturated heterocycles. The number of carboxylic acids is 1. The first kappa shape index (κ1) is 12.1. The summed E-state index contributed by atoms with van der Waals surface area (Å²) in [6.07, 6.45) is 4.56. The number of aliphatic carboxylic acids is 1. The van der Waals surface area contributed by atoms with Gasteiger partial charge in [0.1, 0.15) is 6.10 Å². The molecule has 0 aliphatic carbocycles. The molecule has 1 aromatic heterocycles. The van der Waals surface area contributed by atoms with Crippen LogP contribution in [-0.4, -0.2) is 27.2 Å². The number of carboxylic acid groups (broad SMARTS) is 1. The van der Waals surface area contributed by atoms with Gasteiger partial charge in [-0.2, -0.15) is 0 Å². The summed E-state index contributed by atoms with van der Waals surface area (Å²) in [5.41, 5.74) is 0.868. The van der Waals surface area contributed by atoms with Crippen LogP contribution < -0.4 is 0 Å². The molecule has 0 saturated carbocycles. The second-order valence-electron chi connectivity index (χ2n) is 4.70. The van der Waals surface area contributed by atoms with Crippen molar-refractivity contribution in [2.24, 2.45) is 5.92 Å². The third kappa shape index (κ3) is 2.34. The summed E-state index contributed by atoms with van der Waals surface area (Å²) in [4.78, 5) is 15.3. The van der Waals surface area contributed by atoms with Gasteiger partial charge >= 0.3 is 5.97 Å². The van der Waals surface area contributed by atoms with E-state index in [2.05, 4.69) is 4.98 Å². The molecule has 1 aliphatic heterocycles. The van der Waals surface area contributed by atoms with E-state index in [1.807, 2.05) is 18.4 Å². The number of nitrogens with zero attached hydrogens (tertiary/aromatic N) is 2. The maximum Gasteiger partial charge on any atom is 0.309 e. The van der Waals surface area contributed by atoms with E-state index < -0.39 is 11.9 Å². The van der Waals surface area contributed by atoms with Gasteiger partial charge in [0, 0.05) is 12.6 Å². The van der Waals surface area contributed by atoms with Crippen LogP contribution in [0, 0.1) is 5.92 Å². The summed E-state index contributed by atoms with van der Waals surface area (Å²) in [6, 6.07) is 0.257. The van der Waals surface area contributed by atoms with Gasteiger partial charge < -0.3 is 14.4 Å². The van der Waals surface area contributed by atoms with E-state index in [1.54, 1.807) is 12.5 Å². The number of rotatable bonds is 3. The average molecular weight is 238 g/mol. The first-order chi connectivity index (χ1) is 8.11. The van der Waals surface area contributed by atoms with Gasteiger partial charge in [0.15, 0.2) is 0 Å². The fraction of sp³-hybridized carbons (Fsp3) is 0.667. The van der Waals surface area contributed by atoms with E-state index in [-0.39, 0.29) is 12.1 Å². The van der Waals surface area contributed by atoms with Gasteiger partial charge in [-0.15, -0.1) is 0 Å². The lowest BCUT2D eigenvalue weighted by atomic mass is 9.92. The Labute approximate surface area is 100 Å². The molecule has 2 rings (SSSR count). The summed E-state index contributed by atoms with van der Waals surface area (Å²) in [6.45, 7) is 4.71. The molecule has 0 radical (unpaired) electrons. The van der Waals surface area contributed by atoms with Gasteiger partial charge in [-0.25, -0.2) is 4.98 Å². The van der Waals surface area contributed by atoms with E-state index in [4.69, 9.17) is 4.74 Å². The fourth-order valence-electron chi connectivity index (χ4n) is 2.29. The van der Waals surface area contributed by atoms with Gasteiger partial charge in [-0.1, -0.05) is 0 Å². The van der Waals surface area contributed by atoms with Crippen molar-refractivity contribution in [2.45, 2.75) is 38.8 Å². The maximum absolute atomic E-state index is 11.2. The molecule has 2 unspecified atom stereocenters. The molecule has 1 aromatic rings. The molecule has 0 spiro atoms. The van der Waals surface area contributed by atoms with Crippen LogP contribution in [0.25, 0.3) is 0 Å². The molecule has 0 aromatic carbocycles. The summed E-state index contributed by atoms with van der Waals surface area (Å²) in [5, 5.41) is 9.23. The minimum atomic E-state index is -0.786. The summed E-state index contributed by atoms with van der Waals surface area (Å²) >= 11 is 0. The smallest absolute Gasteiger partial charge is 0.309 e. The molecule has 0 amide bonds. The van der Waals surface area contributed by atoms with Crippen molar-refractivity contribution in [3.63, 3.8) is 0 Å². The Hall–Kier alpha value is -1.36. The van der Waals surface area contributed by atoms with Gasteiger partial charge in [0.05, 0.1) is 24.1 Å². The second-order valence-corrected chi connectivity index (χ2v) is 4.70. The van der Waals surface area contributed by atoms with Crippen molar-refractivity contribution in [1.82, 2.24) is 9.55 Å². The number of aromatic nitrogens is 2. The van der Waals surface area contributed by atoms with Gasteiger partial charge in [0.2, 0.25) is 0 Å². The number of ether oxygens (including phenoxy) is 1. The van der Waals surface area contributed by atoms with E-state index in [0.717, 1.165) is 12.1 Å². The second kappa shape index (κ2) is 4.87. The van der Waals surface area contributed by atoms with Crippen LogP contribution in [-0.2, 0) is 9.53 Å². The molecule has 0 bridgehead atoms. The third-order valence-corrected chi connectivity index (χ3v) is 3.18. The van der Waals surface area contributed by atoms with E-state index >= 15 is 0 Å². The standard InChI is InChI=1S/C12H18N2O3/c1-8(2)14-7-13-6-10(14)11-9(12(15)16)4-3-5-17-11/h6-9,11H,3-5H2,1-2H3,(H,15,16). The first-order valence-electron chi connectivity index (χ1n) is 5.97. The van der Waals surface area contributed by atoms with Crippen molar-refractivity contribution in [2.75, 3.05) is 6.61 Å². The zero-order chi connectivity index (χ0) is 12.4. The molecule has 1 N–H and O–H groups in total. The lowest BCUT2D eigenvalue weighted by Gasteiger charge is -2.30. The third-order valence-electron chi connectivity index (χ3n) is 3.18. The fourth-order valence-corrected chi connectivity index (χ4v) is 2.29. The Morgan fingerprint density at radius 3 is 3.06 bits per heavy atom. The van der Waals surface area contributed by atoms with Crippen molar-refractivity contribution in [3.05, 3.63) is 18.2 Å². The highest BCUT2D eigenvalue weighted by molar-refractivity contribution is 5.71. The van der Waals surface area contributed by atoms with Gasteiger partial charge in [-0.05, 0) is 26.7 Å². The quantitative estimate of drug-likeness (QED) is 0.875. The topological polar surface area (TPSA) is 64.4 Å². The molecule has 5 heteroatoms. The van der Waals surface area contributed by atoms with Gasteiger partial charge in [0.25, 0.3) is 0 Å². The number of imidazole rings is 1. The number of carbonyl (C=O) groups is 1. The Balaban J connectivity index is 2.29. The molecular weight excluding hydrogens is 220 g/mol. The SMILES string of the molecule is CC(C)n1cncc1C1OCCCC1C(=O)O. The molecule has 94 valence electrons. The minimum absolute atomic E-state index is 0.257. The Morgan fingerprint density at radius 2 is 2.41 bits per heavy atom. The first-order valence-corrected chi connectivity index (χ1v) is 5.97. The van der Waals surface area contributed by atoms with Crippen LogP contribution in [0.4, 0.5) is 0 Å². The average Bonchev–Trinajstić information content (AvgIpc) is 2.77. The van der Waals surface area contributed by atoms with Crippen LogP contribution in [0.15, 0.2) is 12.5 Å². The predicted molar refractivity (Wildman–Crippen MR) is 61.7 cm³/mol. The summed E-state index contributed by atoms with van der Waals surface area (Å²) in [5.74, 6) is -1.25. The van der Waals surface area contributed by atoms with E-state index in [1.165, 1.54) is 0 Å². The van der Waals surface area contributed by atoms with Crippen LogP contribution >= 0.6 is 0 Å². The lowest BCUT2D eigenvalue weighted by molar-refractivity contribution is -0.152. The molecule has 1 aliphatic rings. The number of hydrogen-bond acceptors (Lipinski definition) is 3. The van der Waals surface area contributed by atoms with Crippen molar-refractivity contribution < 1.29 is 14.6 Å². The highest BCUT2D eigenvalue weighted by atomic mass is 16.5. The molecule has 5 nitrogen and oxygen atoms in total. The minimum Gasteiger partial charge on any atom is -0.481 e. The molecular formula is C12H18N2O3. The van der Waals surface area contributed by atoms with Crippen molar-refractivity contribution in [3.8, 4) is 0 Å². The normalized spacial score (nSPS) is 25.1. The molecule has 2 heterocycles. The van der Waals surface area contributed by atoms with Crippen molar-refractivity contribution in [1.29, 1.82) is 0 Å². The van der Waals surface area contributed by atoms with E-state index in [9.17, 15) is 9.90 Å². The highest BCUT2D eigenvalue weighted by Gasteiger charge is 2.35. The zero-order valence-electron chi connectivity index (χ0n) is 10.2. The lowest BCUT2D eigenvalue weighted by Crippen LogP contribution is -2.30. The van der Waals surface area contributed by atoms with E-state index in [0.29, 0.717) is 13.0 Å². The Bertz CT molecular complexity index is 400. The highest BCUT2D eigenvalue weighted by Crippen LogP contribution is 2.34. The number of hydrogen-bond donors (Lipinski definition) is 1. The molecule has 2 atom stereocenters. The summed E-state index contributed by atoms with van der Waals surface area (Å²) < 4.78 is 7.62. The maximum atomic E-state index is 11.2. The monoisotopic (exact) mass is 238 g/mol. The largest absolute Gasteiger partial charge is 0.481 e. The van der Waals surface area contributed by atoms with Gasteiger partial charge in [-0.3, -0.25) is 4.79 Å². The van der Waals surface area contributed by atoms with Crippen LogP contribution in [0.1, 0.15) is 44.5 Å². The molecule has 1 fully saturated rings.